The number of halogens is 2. The van der Waals surface area contributed by atoms with Crippen molar-refractivity contribution in [1.29, 1.82) is 0 Å². The Kier molecular flexibility index (Phi) is 7.61. The second kappa shape index (κ2) is 10.7. The highest BCUT2D eigenvalue weighted by atomic mass is 19.3. The van der Waals surface area contributed by atoms with E-state index < -0.39 is 24.2 Å². The number of hydrogen-bond donors (Lipinski definition) is 4. The summed E-state index contributed by atoms with van der Waals surface area (Å²) in [5, 5.41) is 24.8. The minimum absolute atomic E-state index is 0.0619. The molecular weight excluding hydrogens is 478 g/mol. The molecule has 8 heteroatoms. The van der Waals surface area contributed by atoms with Gasteiger partial charge in [-0.3, -0.25) is 4.79 Å². The molecule has 1 aromatic heterocycles. The molecule has 0 aliphatic rings. The number of rotatable bonds is 10. The summed E-state index contributed by atoms with van der Waals surface area (Å²) in [6, 6.07) is 20.6. The molecule has 0 amide bonds. The van der Waals surface area contributed by atoms with Crippen LogP contribution in [-0.2, 0) is 12.3 Å². The lowest BCUT2D eigenvalue weighted by Gasteiger charge is -2.28. The fourth-order valence-corrected chi connectivity index (χ4v) is 4.25. The third-order valence-corrected chi connectivity index (χ3v) is 6.23. The number of pyridine rings is 1. The number of aliphatic hydroxyl groups is 1. The molecule has 4 rings (SSSR count). The van der Waals surface area contributed by atoms with E-state index in [1.165, 1.54) is 24.3 Å². The number of phenolic OH excluding ortho intramolecular Hbond substituents is 1. The van der Waals surface area contributed by atoms with Gasteiger partial charge in [0.05, 0.1) is 11.6 Å². The number of fused-ring (bicyclic) bond motifs is 1. The quantitative estimate of drug-likeness (QED) is 0.241. The van der Waals surface area contributed by atoms with Gasteiger partial charge in [0.15, 0.2) is 6.61 Å². The van der Waals surface area contributed by atoms with E-state index >= 15 is 0 Å². The molecule has 4 N–H and O–H groups in total. The number of aromatic hydroxyl groups is 1. The number of aromatic amines is 1. The number of H-pyrrole nitrogens is 1. The highest BCUT2D eigenvalue weighted by Crippen LogP contribution is 2.30. The molecule has 37 heavy (non-hydrogen) atoms. The number of benzene rings is 3. The van der Waals surface area contributed by atoms with Crippen LogP contribution in [0.1, 0.15) is 36.6 Å². The van der Waals surface area contributed by atoms with E-state index in [-0.39, 0.29) is 28.9 Å². The molecule has 0 unspecified atom stereocenters. The first kappa shape index (κ1) is 26.3. The van der Waals surface area contributed by atoms with Crippen molar-refractivity contribution in [3.8, 4) is 11.5 Å². The predicted octanol–water partition coefficient (Wildman–Crippen LogP) is 5.05. The fraction of sp³-hybridized carbons (Fsp3) is 0.276. The Morgan fingerprint density at radius 2 is 1.68 bits per heavy atom. The summed E-state index contributed by atoms with van der Waals surface area (Å²) in [6.45, 7) is 3.48. The van der Waals surface area contributed by atoms with Crippen molar-refractivity contribution >= 4 is 10.9 Å². The van der Waals surface area contributed by atoms with E-state index in [2.05, 4.69) is 10.3 Å². The lowest BCUT2D eigenvalue weighted by Crippen LogP contribution is -2.43. The molecule has 3 aromatic carbocycles. The zero-order valence-electron chi connectivity index (χ0n) is 20.7. The predicted molar refractivity (Wildman–Crippen MR) is 139 cm³/mol. The molecule has 0 saturated heterocycles. The maximum absolute atomic E-state index is 14.4. The van der Waals surface area contributed by atoms with Crippen molar-refractivity contribution in [2.24, 2.45) is 0 Å². The van der Waals surface area contributed by atoms with Crippen molar-refractivity contribution in [2.75, 3.05) is 13.2 Å². The van der Waals surface area contributed by atoms with Crippen molar-refractivity contribution in [3.05, 3.63) is 106 Å². The summed E-state index contributed by atoms with van der Waals surface area (Å²) in [7, 11) is 0. The van der Waals surface area contributed by atoms with Crippen molar-refractivity contribution in [1.82, 2.24) is 10.3 Å². The van der Waals surface area contributed by atoms with Crippen LogP contribution < -0.4 is 15.6 Å². The minimum atomic E-state index is -3.09. The zero-order valence-corrected chi connectivity index (χ0v) is 20.7. The molecule has 194 valence electrons. The van der Waals surface area contributed by atoms with E-state index in [1.807, 2.05) is 26.0 Å². The average molecular weight is 509 g/mol. The number of nitrogens with one attached hydrogen (secondary N) is 2. The van der Waals surface area contributed by atoms with Crippen LogP contribution in [0.3, 0.4) is 0 Å². The van der Waals surface area contributed by atoms with Gasteiger partial charge in [-0.1, -0.05) is 48.5 Å². The van der Waals surface area contributed by atoms with Gasteiger partial charge in [0.25, 0.3) is 0 Å². The second-order valence-electron chi connectivity index (χ2n) is 9.75. The number of ether oxygens (including phenoxy) is 1. The molecular formula is C29H30F2N2O4. The van der Waals surface area contributed by atoms with Gasteiger partial charge in [-0.25, -0.2) is 0 Å². The largest absolute Gasteiger partial charge is 0.506 e. The number of aliphatic hydroxyl groups excluding tert-OH is 1. The van der Waals surface area contributed by atoms with Crippen molar-refractivity contribution in [3.63, 3.8) is 0 Å². The van der Waals surface area contributed by atoms with E-state index in [1.54, 1.807) is 42.5 Å². The summed E-state index contributed by atoms with van der Waals surface area (Å²) in [4.78, 5) is 14.2. The van der Waals surface area contributed by atoms with Crippen LogP contribution >= 0.6 is 0 Å². The lowest BCUT2D eigenvalue weighted by molar-refractivity contribution is -0.0467. The van der Waals surface area contributed by atoms with E-state index in [4.69, 9.17) is 4.74 Å². The number of hydrogen-bond acceptors (Lipinski definition) is 5. The number of β-amino-alcohol motifs (C(OH)–C–C–N with tert-alkyl or cyclic N) is 1. The van der Waals surface area contributed by atoms with Gasteiger partial charge in [0.1, 0.15) is 11.5 Å². The van der Waals surface area contributed by atoms with E-state index in [0.717, 1.165) is 5.56 Å². The number of alkyl halides is 2. The van der Waals surface area contributed by atoms with Crippen molar-refractivity contribution < 1.29 is 23.7 Å². The Hall–Kier alpha value is -3.75. The normalized spacial score (nSPS) is 13.0. The Balaban J connectivity index is 1.34. The first-order chi connectivity index (χ1) is 17.5. The average Bonchev–Trinajstić information content (AvgIpc) is 2.88. The SMILES string of the molecule is CC(C)(Cc1ccc(OCC(F)(F)c2ccccc2)cc1)NC[C@@H](O)c1ccc(O)c2[nH]c(=O)ccc12. The first-order valence-electron chi connectivity index (χ1n) is 12.0. The van der Waals surface area contributed by atoms with Crippen LogP contribution in [-0.4, -0.2) is 33.9 Å². The zero-order chi connectivity index (χ0) is 26.6. The molecule has 0 saturated carbocycles. The van der Waals surface area contributed by atoms with Gasteiger partial charge in [-0.15, -0.1) is 0 Å². The number of aromatic nitrogens is 1. The molecule has 0 radical (unpaired) electrons. The smallest absolute Gasteiger partial charge is 0.306 e. The maximum atomic E-state index is 14.4. The molecule has 6 nitrogen and oxygen atoms in total. The molecule has 4 aromatic rings. The Morgan fingerprint density at radius 3 is 2.38 bits per heavy atom. The lowest BCUT2D eigenvalue weighted by atomic mass is 9.94. The van der Waals surface area contributed by atoms with Gasteiger partial charge >= 0.3 is 5.92 Å². The van der Waals surface area contributed by atoms with Crippen LogP contribution in [0.4, 0.5) is 8.78 Å². The van der Waals surface area contributed by atoms with Crippen LogP contribution in [0.2, 0.25) is 0 Å². The molecule has 0 aliphatic heterocycles. The van der Waals surface area contributed by atoms with Crippen LogP contribution in [0.25, 0.3) is 10.9 Å². The number of phenols is 1. The van der Waals surface area contributed by atoms with Gasteiger partial charge in [0.2, 0.25) is 5.56 Å². The third-order valence-electron chi connectivity index (χ3n) is 6.23. The van der Waals surface area contributed by atoms with Crippen LogP contribution in [0.15, 0.2) is 83.7 Å². The molecule has 0 bridgehead atoms. The maximum Gasteiger partial charge on any atom is 0.306 e. The highest BCUT2D eigenvalue weighted by molar-refractivity contribution is 5.87. The van der Waals surface area contributed by atoms with Crippen molar-refractivity contribution in [2.45, 2.75) is 37.8 Å². The third kappa shape index (κ3) is 6.53. The van der Waals surface area contributed by atoms with Gasteiger partial charge < -0.3 is 25.3 Å². The van der Waals surface area contributed by atoms with Gasteiger partial charge in [-0.2, -0.15) is 8.78 Å². The standard InChI is InChI=1S/C29H30F2N2O4/c1-28(2,32-17-25(35)22-12-14-24(34)27-23(22)13-15-26(36)33-27)16-19-8-10-21(11-9-19)37-18-29(30,31)20-6-4-3-5-7-20/h3-15,25,32,34-35H,16-18H2,1-2H3,(H,33,36)/t25-/m1/s1. The topological polar surface area (TPSA) is 94.6 Å². The summed E-state index contributed by atoms with van der Waals surface area (Å²) >= 11 is 0. The monoisotopic (exact) mass is 508 g/mol. The Bertz CT molecular complexity index is 1400. The van der Waals surface area contributed by atoms with E-state index in [9.17, 15) is 23.8 Å². The van der Waals surface area contributed by atoms with Crippen LogP contribution in [0, 0.1) is 0 Å². The van der Waals surface area contributed by atoms with Gasteiger partial charge in [0, 0.05) is 29.1 Å². The molecule has 0 fully saturated rings. The molecule has 0 aliphatic carbocycles. The Morgan fingerprint density at radius 1 is 0.973 bits per heavy atom. The molecule has 1 heterocycles. The van der Waals surface area contributed by atoms with E-state index in [0.29, 0.717) is 23.1 Å². The minimum Gasteiger partial charge on any atom is -0.506 e. The first-order valence-corrected chi connectivity index (χ1v) is 12.0. The summed E-state index contributed by atoms with van der Waals surface area (Å²) < 4.78 is 34.1. The van der Waals surface area contributed by atoms with Crippen LogP contribution in [0.5, 0.6) is 11.5 Å². The summed E-state index contributed by atoms with van der Waals surface area (Å²) in [5.74, 6) is -2.80. The highest BCUT2D eigenvalue weighted by Gasteiger charge is 2.32. The molecule has 0 spiro atoms. The van der Waals surface area contributed by atoms with Gasteiger partial charge in [-0.05, 0) is 55.7 Å². The fourth-order valence-electron chi connectivity index (χ4n) is 4.25. The molecule has 1 atom stereocenters. The summed E-state index contributed by atoms with van der Waals surface area (Å²) in [5.41, 5.74) is 1.02. The summed E-state index contributed by atoms with van der Waals surface area (Å²) in [6.07, 6.45) is -0.264. The Labute approximate surface area is 213 Å². The second-order valence-corrected chi connectivity index (χ2v) is 9.75.